The van der Waals surface area contributed by atoms with Crippen molar-refractivity contribution < 1.29 is 5.11 Å². The van der Waals surface area contributed by atoms with Gasteiger partial charge in [0, 0.05) is 4.88 Å². The lowest BCUT2D eigenvalue weighted by molar-refractivity contribution is 0.0486. The molecular weight excluding hydrogens is 204 g/mol. The Bertz CT molecular complexity index is 252. The third-order valence-electron chi connectivity index (χ3n) is 2.82. The number of hydrogen-bond acceptors (Lipinski definition) is 2. The molecule has 0 radical (unpaired) electrons. The number of aliphatic hydroxyl groups is 1. The highest BCUT2D eigenvalue weighted by atomic mass is 32.1. The molecule has 2 heteroatoms. The van der Waals surface area contributed by atoms with Crippen molar-refractivity contribution in [3.63, 3.8) is 0 Å². The van der Waals surface area contributed by atoms with E-state index in [0.29, 0.717) is 0 Å². The molecule has 0 spiro atoms. The van der Waals surface area contributed by atoms with Gasteiger partial charge in [0.1, 0.15) is 0 Å². The van der Waals surface area contributed by atoms with Crippen LogP contribution in [0.3, 0.4) is 0 Å². The molecule has 0 aliphatic heterocycles. The van der Waals surface area contributed by atoms with E-state index in [1.165, 1.54) is 25.7 Å². The van der Waals surface area contributed by atoms with Crippen LogP contribution < -0.4 is 0 Å². The number of unbranched alkanes of at least 4 members (excludes halogenated alkanes) is 4. The van der Waals surface area contributed by atoms with E-state index in [9.17, 15) is 5.11 Å². The molecule has 0 saturated heterocycles. The molecule has 86 valence electrons. The van der Waals surface area contributed by atoms with Crippen molar-refractivity contribution in [1.82, 2.24) is 0 Å². The Labute approximate surface area is 97.2 Å². The van der Waals surface area contributed by atoms with Crippen LogP contribution in [-0.4, -0.2) is 5.11 Å². The first kappa shape index (κ1) is 12.7. The van der Waals surface area contributed by atoms with Crippen LogP contribution in [0.25, 0.3) is 0 Å². The third-order valence-corrected chi connectivity index (χ3v) is 3.94. The van der Waals surface area contributed by atoms with Crippen molar-refractivity contribution in [2.45, 2.75) is 58.0 Å². The van der Waals surface area contributed by atoms with Crippen molar-refractivity contribution in [3.05, 3.63) is 22.4 Å². The zero-order valence-corrected chi connectivity index (χ0v) is 10.6. The fourth-order valence-electron chi connectivity index (χ4n) is 1.78. The molecule has 1 N–H and O–H groups in total. The lowest BCUT2D eigenvalue weighted by Crippen LogP contribution is -2.19. The predicted molar refractivity (Wildman–Crippen MR) is 67.3 cm³/mol. The average Bonchev–Trinajstić information content (AvgIpc) is 2.70. The van der Waals surface area contributed by atoms with E-state index in [0.717, 1.165) is 17.7 Å². The quantitative estimate of drug-likeness (QED) is 0.687. The first-order valence-electron chi connectivity index (χ1n) is 5.93. The lowest BCUT2D eigenvalue weighted by Gasteiger charge is -2.21. The minimum atomic E-state index is -0.611. The second kappa shape index (κ2) is 6.29. The Morgan fingerprint density at radius 3 is 2.60 bits per heavy atom. The fraction of sp³-hybridized carbons (Fsp3) is 0.692. The van der Waals surface area contributed by atoms with Gasteiger partial charge < -0.3 is 5.11 Å². The van der Waals surface area contributed by atoms with Gasteiger partial charge in [-0.15, -0.1) is 11.3 Å². The van der Waals surface area contributed by atoms with Gasteiger partial charge in [-0.3, -0.25) is 0 Å². The summed E-state index contributed by atoms with van der Waals surface area (Å²) in [5.74, 6) is 0. The second-order valence-electron chi connectivity index (χ2n) is 4.42. The SMILES string of the molecule is CCCCCCCC(C)(O)c1cccs1. The summed E-state index contributed by atoms with van der Waals surface area (Å²) < 4.78 is 0. The highest BCUT2D eigenvalue weighted by Crippen LogP contribution is 2.30. The van der Waals surface area contributed by atoms with Crippen molar-refractivity contribution in [2.75, 3.05) is 0 Å². The predicted octanol–water partition coefficient (Wildman–Crippen LogP) is 4.32. The zero-order valence-electron chi connectivity index (χ0n) is 9.83. The highest BCUT2D eigenvalue weighted by Gasteiger charge is 2.22. The Morgan fingerprint density at radius 1 is 1.27 bits per heavy atom. The second-order valence-corrected chi connectivity index (χ2v) is 5.36. The van der Waals surface area contributed by atoms with Gasteiger partial charge in [-0.2, -0.15) is 0 Å². The van der Waals surface area contributed by atoms with E-state index in [4.69, 9.17) is 0 Å². The molecule has 1 atom stereocenters. The highest BCUT2D eigenvalue weighted by molar-refractivity contribution is 7.10. The van der Waals surface area contributed by atoms with Crippen LogP contribution in [0, 0.1) is 0 Å². The van der Waals surface area contributed by atoms with Gasteiger partial charge in [-0.1, -0.05) is 45.1 Å². The monoisotopic (exact) mass is 226 g/mol. The minimum absolute atomic E-state index is 0.611. The van der Waals surface area contributed by atoms with E-state index in [1.54, 1.807) is 11.3 Å². The van der Waals surface area contributed by atoms with E-state index >= 15 is 0 Å². The molecular formula is C13H22OS. The van der Waals surface area contributed by atoms with Crippen LogP contribution in [0.1, 0.15) is 57.2 Å². The summed E-state index contributed by atoms with van der Waals surface area (Å²) in [7, 11) is 0. The molecule has 0 aliphatic rings. The van der Waals surface area contributed by atoms with Crippen molar-refractivity contribution in [3.8, 4) is 0 Å². The van der Waals surface area contributed by atoms with Gasteiger partial charge in [0.2, 0.25) is 0 Å². The molecule has 1 heterocycles. The summed E-state index contributed by atoms with van der Waals surface area (Å²) in [5, 5.41) is 12.3. The van der Waals surface area contributed by atoms with Crippen molar-refractivity contribution >= 4 is 11.3 Å². The number of hydrogen-bond donors (Lipinski definition) is 1. The summed E-state index contributed by atoms with van der Waals surface area (Å²) >= 11 is 1.65. The largest absolute Gasteiger partial charge is 0.385 e. The number of rotatable bonds is 7. The lowest BCUT2D eigenvalue weighted by atomic mass is 9.96. The van der Waals surface area contributed by atoms with Gasteiger partial charge in [-0.05, 0) is 24.8 Å². The molecule has 1 rings (SSSR count). The number of thiophene rings is 1. The zero-order chi connectivity index (χ0) is 11.1. The summed E-state index contributed by atoms with van der Waals surface area (Å²) in [6.07, 6.45) is 7.16. The van der Waals surface area contributed by atoms with Crippen LogP contribution in [-0.2, 0) is 5.60 Å². The molecule has 0 aromatic carbocycles. The van der Waals surface area contributed by atoms with Gasteiger partial charge in [-0.25, -0.2) is 0 Å². The standard InChI is InChI=1S/C13H22OS/c1-3-4-5-6-7-10-13(2,14)12-9-8-11-15-12/h8-9,11,14H,3-7,10H2,1-2H3. The Kier molecular flexibility index (Phi) is 5.34. The smallest absolute Gasteiger partial charge is 0.0959 e. The van der Waals surface area contributed by atoms with Crippen molar-refractivity contribution in [1.29, 1.82) is 0 Å². The average molecular weight is 226 g/mol. The normalized spacial score (nSPS) is 15.1. The van der Waals surface area contributed by atoms with Crippen molar-refractivity contribution in [2.24, 2.45) is 0 Å². The van der Waals surface area contributed by atoms with E-state index in [-0.39, 0.29) is 0 Å². The van der Waals surface area contributed by atoms with E-state index < -0.39 is 5.60 Å². The van der Waals surface area contributed by atoms with Crippen LogP contribution in [0.5, 0.6) is 0 Å². The molecule has 0 saturated carbocycles. The molecule has 1 aromatic heterocycles. The maximum atomic E-state index is 10.2. The molecule has 1 unspecified atom stereocenters. The van der Waals surface area contributed by atoms with Gasteiger partial charge in [0.25, 0.3) is 0 Å². The molecule has 15 heavy (non-hydrogen) atoms. The van der Waals surface area contributed by atoms with Crippen LogP contribution in [0.15, 0.2) is 17.5 Å². The fourth-order valence-corrected chi connectivity index (χ4v) is 2.60. The van der Waals surface area contributed by atoms with Crippen LogP contribution in [0.4, 0.5) is 0 Å². The molecule has 1 nitrogen and oxygen atoms in total. The van der Waals surface area contributed by atoms with Crippen LogP contribution in [0.2, 0.25) is 0 Å². The first-order valence-corrected chi connectivity index (χ1v) is 6.81. The van der Waals surface area contributed by atoms with E-state index in [1.807, 2.05) is 24.4 Å². The molecule has 0 aliphatic carbocycles. The summed E-state index contributed by atoms with van der Waals surface area (Å²) in [6.45, 7) is 4.15. The first-order chi connectivity index (χ1) is 7.17. The Balaban J connectivity index is 2.25. The summed E-state index contributed by atoms with van der Waals surface area (Å²) in [6, 6.07) is 4.03. The Hall–Kier alpha value is -0.340. The Morgan fingerprint density at radius 2 is 2.00 bits per heavy atom. The van der Waals surface area contributed by atoms with Gasteiger partial charge >= 0.3 is 0 Å². The molecule has 0 fully saturated rings. The van der Waals surface area contributed by atoms with Gasteiger partial charge in [0.05, 0.1) is 5.60 Å². The maximum Gasteiger partial charge on any atom is 0.0959 e. The van der Waals surface area contributed by atoms with Crippen LogP contribution >= 0.6 is 11.3 Å². The molecule has 0 amide bonds. The van der Waals surface area contributed by atoms with Gasteiger partial charge in [0.15, 0.2) is 0 Å². The summed E-state index contributed by atoms with van der Waals surface area (Å²) in [5.41, 5.74) is -0.611. The topological polar surface area (TPSA) is 20.2 Å². The summed E-state index contributed by atoms with van der Waals surface area (Å²) in [4.78, 5) is 1.10. The third kappa shape index (κ3) is 4.35. The minimum Gasteiger partial charge on any atom is -0.385 e. The maximum absolute atomic E-state index is 10.2. The molecule has 0 bridgehead atoms. The molecule has 1 aromatic rings. The van der Waals surface area contributed by atoms with E-state index in [2.05, 4.69) is 6.92 Å².